The van der Waals surface area contributed by atoms with Crippen LogP contribution in [0.4, 0.5) is 17.1 Å². The van der Waals surface area contributed by atoms with Gasteiger partial charge in [-0.2, -0.15) is 0 Å². The summed E-state index contributed by atoms with van der Waals surface area (Å²) < 4.78 is 11.3. The van der Waals surface area contributed by atoms with Gasteiger partial charge in [0.15, 0.2) is 0 Å². The maximum absolute atomic E-state index is 6.32. The number of rotatable bonds is 5. The van der Waals surface area contributed by atoms with Gasteiger partial charge in [-0.25, -0.2) is 0 Å². The number of hydrogen-bond acceptors (Lipinski definition) is 3. The highest BCUT2D eigenvalue weighted by Crippen LogP contribution is 2.46. The maximum Gasteiger partial charge on any atom is 0.136 e. The van der Waals surface area contributed by atoms with Gasteiger partial charge in [0, 0.05) is 54.1 Å². The van der Waals surface area contributed by atoms with E-state index in [0.29, 0.717) is 0 Å². The number of benzene rings is 8. The second-order valence-corrected chi connectivity index (χ2v) is 14.4. The van der Waals surface area contributed by atoms with E-state index in [1.165, 1.54) is 58.7 Å². The molecule has 0 amide bonds. The number of furan rings is 1. The molecule has 3 heterocycles. The lowest BCUT2D eigenvalue weighted by atomic mass is 10.0. The van der Waals surface area contributed by atoms with Crippen molar-refractivity contribution in [2.45, 2.75) is 0 Å². The Bertz CT molecular complexity index is 3110. The molecule has 0 saturated carbocycles. The highest BCUT2D eigenvalue weighted by molar-refractivity contribution is 7.26. The van der Waals surface area contributed by atoms with Gasteiger partial charge in [0.2, 0.25) is 0 Å². The van der Waals surface area contributed by atoms with E-state index in [4.69, 9.17) is 4.42 Å². The van der Waals surface area contributed by atoms with Gasteiger partial charge in [0.05, 0.1) is 21.4 Å². The van der Waals surface area contributed by atoms with Crippen LogP contribution < -0.4 is 4.90 Å². The summed E-state index contributed by atoms with van der Waals surface area (Å²) in [5, 5.41) is 7.33. The van der Waals surface area contributed by atoms with E-state index < -0.39 is 0 Å². The maximum atomic E-state index is 6.32. The van der Waals surface area contributed by atoms with E-state index in [-0.39, 0.29) is 0 Å². The van der Waals surface area contributed by atoms with E-state index >= 15 is 0 Å². The van der Waals surface area contributed by atoms with Crippen LogP contribution in [-0.2, 0) is 0 Å². The van der Waals surface area contributed by atoms with Gasteiger partial charge >= 0.3 is 0 Å². The topological polar surface area (TPSA) is 21.3 Å². The monoisotopic (exact) mass is 682 g/mol. The molecule has 3 nitrogen and oxygen atoms in total. The lowest BCUT2D eigenvalue weighted by Gasteiger charge is -2.26. The third-order valence-corrected chi connectivity index (χ3v) is 11.6. The Kier molecular flexibility index (Phi) is 6.42. The van der Waals surface area contributed by atoms with Gasteiger partial charge in [0.1, 0.15) is 11.2 Å². The van der Waals surface area contributed by atoms with Crippen molar-refractivity contribution < 1.29 is 4.42 Å². The van der Waals surface area contributed by atoms with Crippen LogP contribution in [0.1, 0.15) is 0 Å². The molecule has 0 bridgehead atoms. The van der Waals surface area contributed by atoms with Crippen molar-refractivity contribution in [3.05, 3.63) is 182 Å². The number of aromatic nitrogens is 1. The van der Waals surface area contributed by atoms with Gasteiger partial charge in [-0.15, -0.1) is 11.3 Å². The third-order valence-electron chi connectivity index (χ3n) is 10.4. The predicted molar refractivity (Wildman–Crippen MR) is 221 cm³/mol. The fourth-order valence-corrected chi connectivity index (χ4v) is 9.28. The van der Waals surface area contributed by atoms with Gasteiger partial charge in [-0.1, -0.05) is 109 Å². The molecule has 0 aliphatic heterocycles. The first kappa shape index (κ1) is 29.1. The second-order valence-electron chi connectivity index (χ2n) is 13.3. The number of nitrogens with zero attached hydrogens (tertiary/aromatic N) is 2. The molecule has 0 fully saturated rings. The summed E-state index contributed by atoms with van der Waals surface area (Å²) in [5.41, 5.74) is 11.1. The Morgan fingerprint density at radius 1 is 0.423 bits per heavy atom. The Labute approximate surface area is 303 Å². The molecular formula is C48H30N2OS. The minimum Gasteiger partial charge on any atom is -0.456 e. The Balaban J connectivity index is 1.10. The van der Waals surface area contributed by atoms with Crippen LogP contribution in [0.3, 0.4) is 0 Å². The molecule has 3 aromatic heterocycles. The molecule has 0 unspecified atom stereocenters. The summed E-state index contributed by atoms with van der Waals surface area (Å²) in [4.78, 5) is 2.41. The molecule has 0 saturated heterocycles. The highest BCUT2D eigenvalue weighted by Gasteiger charge is 2.21. The molecule has 0 aliphatic carbocycles. The van der Waals surface area contributed by atoms with Crippen molar-refractivity contribution in [2.75, 3.05) is 4.90 Å². The van der Waals surface area contributed by atoms with Crippen molar-refractivity contribution in [1.82, 2.24) is 4.57 Å². The molecule has 0 radical (unpaired) electrons. The standard InChI is InChI=1S/C48H30N2OS/c1-2-11-31(12-3-1)32-21-23-33(24-22-32)49(42-18-10-16-37-36-13-6-9-20-45(36)52-48(37)42)34-25-27-35(28-26-34)50-40-17-7-4-14-38(40)46-41(50)29-30-44-47(46)39-15-5-8-19-43(39)51-44/h1-30H. The lowest BCUT2D eigenvalue weighted by molar-refractivity contribution is 0.669. The molecule has 52 heavy (non-hydrogen) atoms. The highest BCUT2D eigenvalue weighted by atomic mass is 32.1. The van der Waals surface area contributed by atoms with E-state index in [0.717, 1.165) is 39.1 Å². The van der Waals surface area contributed by atoms with E-state index in [9.17, 15) is 0 Å². The predicted octanol–water partition coefficient (Wildman–Crippen LogP) is 14.2. The summed E-state index contributed by atoms with van der Waals surface area (Å²) in [7, 11) is 0. The number of hydrogen-bond donors (Lipinski definition) is 0. The first-order chi connectivity index (χ1) is 25.8. The number of thiophene rings is 1. The Morgan fingerprint density at radius 2 is 1.08 bits per heavy atom. The molecule has 11 rings (SSSR count). The van der Waals surface area contributed by atoms with Crippen LogP contribution in [-0.4, -0.2) is 4.57 Å². The molecule has 0 spiro atoms. The Hall–Kier alpha value is -6.62. The summed E-state index contributed by atoms with van der Waals surface area (Å²) in [5.74, 6) is 0. The zero-order valence-electron chi connectivity index (χ0n) is 28.0. The first-order valence-corrected chi connectivity index (χ1v) is 18.4. The molecule has 0 N–H and O–H groups in total. The van der Waals surface area contributed by atoms with Crippen molar-refractivity contribution in [3.8, 4) is 16.8 Å². The second kappa shape index (κ2) is 11.5. The van der Waals surface area contributed by atoms with Crippen molar-refractivity contribution >= 4 is 92.3 Å². The fraction of sp³-hybridized carbons (Fsp3) is 0. The summed E-state index contributed by atoms with van der Waals surface area (Å²) in [6, 6.07) is 65.4. The third kappa shape index (κ3) is 4.38. The lowest BCUT2D eigenvalue weighted by Crippen LogP contribution is -2.10. The van der Waals surface area contributed by atoms with Crippen LogP contribution in [0.25, 0.3) is 80.7 Å². The summed E-state index contributed by atoms with van der Waals surface area (Å²) >= 11 is 1.86. The average molecular weight is 683 g/mol. The fourth-order valence-electron chi connectivity index (χ4n) is 8.07. The first-order valence-electron chi connectivity index (χ1n) is 17.6. The molecule has 4 heteroatoms. The average Bonchev–Trinajstić information content (AvgIpc) is 3.89. The summed E-state index contributed by atoms with van der Waals surface area (Å²) in [6.45, 7) is 0. The van der Waals surface area contributed by atoms with E-state index in [1.54, 1.807) is 0 Å². The van der Waals surface area contributed by atoms with Gasteiger partial charge in [-0.05, 0) is 83.9 Å². The van der Waals surface area contributed by atoms with Crippen molar-refractivity contribution in [2.24, 2.45) is 0 Å². The molecule has 244 valence electrons. The zero-order valence-corrected chi connectivity index (χ0v) is 28.8. The van der Waals surface area contributed by atoms with E-state index in [2.05, 4.69) is 185 Å². The SMILES string of the molecule is c1ccc(-c2ccc(N(c3ccc(-n4c5ccccc5c5c6c(ccc54)oc4ccccc46)cc3)c3cccc4c3sc3ccccc34)cc2)cc1. The quantitative estimate of drug-likeness (QED) is 0.180. The normalized spacial score (nSPS) is 11.8. The minimum absolute atomic E-state index is 0.913. The largest absolute Gasteiger partial charge is 0.456 e. The Morgan fingerprint density at radius 3 is 1.90 bits per heavy atom. The zero-order chi connectivity index (χ0) is 34.2. The number of fused-ring (bicyclic) bond motifs is 10. The summed E-state index contributed by atoms with van der Waals surface area (Å²) in [6.07, 6.45) is 0. The number of anilines is 3. The molecule has 11 aromatic rings. The van der Waals surface area contributed by atoms with Crippen molar-refractivity contribution in [3.63, 3.8) is 0 Å². The van der Waals surface area contributed by atoms with Crippen LogP contribution in [0.5, 0.6) is 0 Å². The van der Waals surface area contributed by atoms with E-state index in [1.807, 2.05) is 17.4 Å². The molecule has 0 atom stereocenters. The molecular weight excluding hydrogens is 653 g/mol. The smallest absolute Gasteiger partial charge is 0.136 e. The molecule has 0 aliphatic rings. The minimum atomic E-state index is 0.913. The van der Waals surface area contributed by atoms with Crippen LogP contribution in [0.2, 0.25) is 0 Å². The van der Waals surface area contributed by atoms with Crippen LogP contribution >= 0.6 is 11.3 Å². The van der Waals surface area contributed by atoms with Crippen LogP contribution in [0.15, 0.2) is 186 Å². The van der Waals surface area contributed by atoms with Gasteiger partial charge in [0.25, 0.3) is 0 Å². The van der Waals surface area contributed by atoms with Gasteiger partial charge in [-0.3, -0.25) is 0 Å². The van der Waals surface area contributed by atoms with Gasteiger partial charge < -0.3 is 13.9 Å². The molecule has 8 aromatic carbocycles. The van der Waals surface area contributed by atoms with Crippen LogP contribution in [0, 0.1) is 0 Å². The number of para-hydroxylation sites is 2. The van der Waals surface area contributed by atoms with Crippen molar-refractivity contribution in [1.29, 1.82) is 0 Å².